The first kappa shape index (κ1) is 25.2. The van der Waals surface area contributed by atoms with Crippen LogP contribution in [0.25, 0.3) is 11.3 Å². The lowest BCUT2D eigenvalue weighted by molar-refractivity contribution is 0.303. The van der Waals surface area contributed by atoms with Gasteiger partial charge in [-0.3, -0.25) is 4.98 Å². The SMILES string of the molecule is Cc1cc(-c2cc(O)c(C(SC3CCCCC3)c3ccccc3)c(=O)o2)ccc1OCc1cccnc1. The molecule has 4 aromatic rings. The second kappa shape index (κ2) is 11.7. The van der Waals surface area contributed by atoms with Crippen molar-refractivity contribution in [3.63, 3.8) is 0 Å². The zero-order valence-corrected chi connectivity index (χ0v) is 21.7. The number of thioether (sulfide) groups is 1. The first-order valence-corrected chi connectivity index (χ1v) is 13.7. The highest BCUT2D eigenvalue weighted by molar-refractivity contribution is 8.00. The molecule has 1 unspecified atom stereocenters. The maximum Gasteiger partial charge on any atom is 0.344 e. The molecule has 0 saturated heterocycles. The van der Waals surface area contributed by atoms with E-state index in [-0.39, 0.29) is 11.0 Å². The van der Waals surface area contributed by atoms with Crippen LogP contribution < -0.4 is 10.4 Å². The highest BCUT2D eigenvalue weighted by Gasteiger charge is 2.28. The molecule has 2 aromatic heterocycles. The van der Waals surface area contributed by atoms with Gasteiger partial charge < -0.3 is 14.3 Å². The van der Waals surface area contributed by atoms with E-state index in [9.17, 15) is 9.90 Å². The fraction of sp³-hybridized carbons (Fsp3) is 0.290. The molecule has 2 aromatic carbocycles. The van der Waals surface area contributed by atoms with Crippen molar-refractivity contribution in [1.29, 1.82) is 0 Å². The van der Waals surface area contributed by atoms with Crippen molar-refractivity contribution in [3.05, 3.63) is 112 Å². The van der Waals surface area contributed by atoms with Crippen LogP contribution in [0, 0.1) is 6.92 Å². The largest absolute Gasteiger partial charge is 0.507 e. The third-order valence-corrected chi connectivity index (χ3v) is 8.42. The second-order valence-electron chi connectivity index (χ2n) is 9.51. The molecule has 190 valence electrons. The Morgan fingerprint density at radius 2 is 1.86 bits per heavy atom. The first-order chi connectivity index (χ1) is 18.1. The number of rotatable bonds is 8. The van der Waals surface area contributed by atoms with E-state index >= 15 is 0 Å². The van der Waals surface area contributed by atoms with E-state index in [4.69, 9.17) is 9.15 Å². The number of pyridine rings is 1. The van der Waals surface area contributed by atoms with Crippen molar-refractivity contribution in [3.8, 4) is 22.8 Å². The zero-order valence-electron chi connectivity index (χ0n) is 20.9. The van der Waals surface area contributed by atoms with Crippen LogP contribution >= 0.6 is 11.8 Å². The number of benzene rings is 2. The Morgan fingerprint density at radius 1 is 1.05 bits per heavy atom. The highest BCUT2D eigenvalue weighted by atomic mass is 32.2. The molecule has 1 fully saturated rings. The summed E-state index contributed by atoms with van der Waals surface area (Å²) in [6.07, 6.45) is 9.45. The molecule has 2 heterocycles. The van der Waals surface area contributed by atoms with Crippen molar-refractivity contribution in [1.82, 2.24) is 4.98 Å². The molecule has 1 N–H and O–H groups in total. The summed E-state index contributed by atoms with van der Waals surface area (Å²) in [6.45, 7) is 2.36. The Labute approximate surface area is 221 Å². The van der Waals surface area contributed by atoms with Gasteiger partial charge in [-0.2, -0.15) is 0 Å². The molecular weight excluding hydrogens is 482 g/mol. The normalized spacial score (nSPS) is 14.8. The summed E-state index contributed by atoms with van der Waals surface area (Å²) in [5, 5.41) is 11.3. The van der Waals surface area contributed by atoms with Crippen LogP contribution in [-0.4, -0.2) is 15.3 Å². The van der Waals surface area contributed by atoms with Gasteiger partial charge in [0.15, 0.2) is 0 Å². The summed E-state index contributed by atoms with van der Waals surface area (Å²) in [7, 11) is 0. The monoisotopic (exact) mass is 513 g/mol. The Bertz CT molecular complexity index is 1380. The minimum atomic E-state index is -0.498. The maximum absolute atomic E-state index is 13.3. The van der Waals surface area contributed by atoms with Crippen LogP contribution in [0.1, 0.15) is 59.6 Å². The number of hydrogen-bond acceptors (Lipinski definition) is 6. The van der Waals surface area contributed by atoms with Crippen molar-refractivity contribution in [2.24, 2.45) is 0 Å². The van der Waals surface area contributed by atoms with Gasteiger partial charge in [-0.1, -0.05) is 55.7 Å². The number of aromatic hydroxyl groups is 1. The van der Waals surface area contributed by atoms with Crippen molar-refractivity contribution in [2.75, 3.05) is 0 Å². The molecule has 0 spiro atoms. The summed E-state index contributed by atoms with van der Waals surface area (Å²) in [4.78, 5) is 17.4. The van der Waals surface area contributed by atoms with E-state index in [2.05, 4.69) is 4.98 Å². The van der Waals surface area contributed by atoms with Gasteiger partial charge in [0.2, 0.25) is 0 Å². The third kappa shape index (κ3) is 6.08. The Kier molecular flexibility index (Phi) is 7.95. The van der Waals surface area contributed by atoms with E-state index in [1.54, 1.807) is 30.2 Å². The van der Waals surface area contributed by atoms with E-state index in [0.717, 1.165) is 35.3 Å². The van der Waals surface area contributed by atoms with Gasteiger partial charge in [0.05, 0.1) is 10.8 Å². The molecule has 5 nitrogen and oxygen atoms in total. The Balaban J connectivity index is 1.41. The minimum Gasteiger partial charge on any atom is -0.507 e. The quantitative estimate of drug-likeness (QED) is 0.264. The van der Waals surface area contributed by atoms with Crippen LogP contribution in [0.3, 0.4) is 0 Å². The Morgan fingerprint density at radius 3 is 2.57 bits per heavy atom. The minimum absolute atomic E-state index is 0.0297. The summed E-state index contributed by atoms with van der Waals surface area (Å²) < 4.78 is 11.8. The summed E-state index contributed by atoms with van der Waals surface area (Å²) in [5.41, 5.74) is 3.42. The Hall–Kier alpha value is -3.51. The summed E-state index contributed by atoms with van der Waals surface area (Å²) in [6, 6.07) is 20.9. The number of hydrogen-bond donors (Lipinski definition) is 1. The first-order valence-electron chi connectivity index (χ1n) is 12.8. The van der Waals surface area contributed by atoms with Crippen molar-refractivity contribution in [2.45, 2.75) is 56.1 Å². The molecule has 1 aliphatic carbocycles. The van der Waals surface area contributed by atoms with Gasteiger partial charge in [0.1, 0.15) is 23.9 Å². The molecule has 0 aliphatic heterocycles. The fourth-order valence-electron chi connectivity index (χ4n) is 4.82. The predicted octanol–water partition coefficient (Wildman–Crippen LogP) is 7.45. The van der Waals surface area contributed by atoms with Crippen LogP contribution in [0.4, 0.5) is 0 Å². The highest BCUT2D eigenvalue weighted by Crippen LogP contribution is 2.44. The lowest BCUT2D eigenvalue weighted by Gasteiger charge is -2.26. The molecule has 1 atom stereocenters. The molecule has 0 radical (unpaired) electrons. The van der Waals surface area contributed by atoms with Crippen LogP contribution in [-0.2, 0) is 6.61 Å². The van der Waals surface area contributed by atoms with E-state index < -0.39 is 5.63 Å². The molecule has 37 heavy (non-hydrogen) atoms. The van der Waals surface area contributed by atoms with Gasteiger partial charge in [-0.15, -0.1) is 11.8 Å². The molecule has 1 aliphatic rings. The lowest BCUT2D eigenvalue weighted by Crippen LogP contribution is -2.17. The van der Waals surface area contributed by atoms with Crippen molar-refractivity contribution < 1.29 is 14.3 Å². The number of aryl methyl sites for hydroxylation is 1. The molecule has 1 saturated carbocycles. The topological polar surface area (TPSA) is 72.6 Å². The smallest absolute Gasteiger partial charge is 0.344 e. The average molecular weight is 514 g/mol. The van der Waals surface area contributed by atoms with Gasteiger partial charge in [0.25, 0.3) is 0 Å². The van der Waals surface area contributed by atoms with Gasteiger partial charge in [0, 0.05) is 34.8 Å². The maximum atomic E-state index is 13.3. The molecule has 0 bridgehead atoms. The zero-order chi connectivity index (χ0) is 25.6. The number of aromatic nitrogens is 1. The average Bonchev–Trinajstić information content (AvgIpc) is 2.93. The number of nitrogens with zero attached hydrogens (tertiary/aromatic N) is 1. The third-order valence-electron chi connectivity index (χ3n) is 6.79. The van der Waals surface area contributed by atoms with Crippen LogP contribution in [0.5, 0.6) is 11.5 Å². The predicted molar refractivity (Wildman–Crippen MR) is 148 cm³/mol. The van der Waals surface area contributed by atoms with Crippen LogP contribution in [0.2, 0.25) is 0 Å². The standard InChI is InChI=1S/C31H31NO4S/c1-21-17-24(14-15-27(21)35-20-22-9-8-16-32-19-22)28-18-26(33)29(31(34)36-28)30(23-10-4-2-5-11-23)37-25-12-6-3-7-13-25/h2,4-5,8-11,14-19,25,30,33H,3,6-7,12-13,20H2,1H3. The summed E-state index contributed by atoms with van der Waals surface area (Å²) >= 11 is 1.77. The molecular formula is C31H31NO4S. The molecule has 6 heteroatoms. The van der Waals surface area contributed by atoms with Gasteiger partial charge >= 0.3 is 5.63 Å². The fourth-order valence-corrected chi connectivity index (χ4v) is 6.48. The molecule has 0 amide bonds. The van der Waals surface area contributed by atoms with Gasteiger partial charge in [-0.25, -0.2) is 4.79 Å². The molecule has 5 rings (SSSR count). The summed E-state index contributed by atoms with van der Waals surface area (Å²) in [5.74, 6) is 1.05. The van der Waals surface area contributed by atoms with Crippen LogP contribution in [0.15, 0.2) is 88.3 Å². The van der Waals surface area contributed by atoms with E-state index in [1.807, 2.05) is 67.6 Å². The second-order valence-corrected chi connectivity index (χ2v) is 10.9. The van der Waals surface area contributed by atoms with E-state index in [1.165, 1.54) is 19.3 Å². The number of ether oxygens (including phenoxy) is 1. The van der Waals surface area contributed by atoms with Gasteiger partial charge in [-0.05, 0) is 55.2 Å². The van der Waals surface area contributed by atoms with Crippen molar-refractivity contribution >= 4 is 11.8 Å². The van der Waals surface area contributed by atoms with E-state index in [0.29, 0.717) is 28.7 Å². The lowest BCUT2D eigenvalue weighted by atomic mass is 10.0.